The van der Waals surface area contributed by atoms with E-state index in [1.165, 1.54) is 19.2 Å². The minimum Gasteiger partial charge on any atom is -0.504 e. The summed E-state index contributed by atoms with van der Waals surface area (Å²) in [6.45, 7) is 3.32. The molecule has 18 heavy (non-hydrogen) atoms. The first-order valence-corrected chi connectivity index (χ1v) is 5.16. The van der Waals surface area contributed by atoms with Crippen LogP contribution in [0.5, 0.6) is 11.5 Å². The van der Waals surface area contributed by atoms with Crippen molar-refractivity contribution >= 4 is 18.4 Å². The molecule has 0 fully saturated rings. The molecular formula is C12H18ClNO4. The van der Waals surface area contributed by atoms with E-state index in [4.69, 9.17) is 5.73 Å². The minimum absolute atomic E-state index is 0. The van der Waals surface area contributed by atoms with Gasteiger partial charge in [0, 0.05) is 6.04 Å². The van der Waals surface area contributed by atoms with E-state index < -0.39 is 17.4 Å². The first-order valence-electron chi connectivity index (χ1n) is 5.16. The highest BCUT2D eigenvalue weighted by molar-refractivity contribution is 5.85. The van der Waals surface area contributed by atoms with Gasteiger partial charge in [0.1, 0.15) is 0 Å². The van der Waals surface area contributed by atoms with Crippen molar-refractivity contribution in [3.05, 3.63) is 23.8 Å². The van der Waals surface area contributed by atoms with Crippen LogP contribution in [0.2, 0.25) is 0 Å². The maximum absolute atomic E-state index is 11.6. The van der Waals surface area contributed by atoms with Crippen molar-refractivity contribution in [1.82, 2.24) is 0 Å². The second kappa shape index (κ2) is 5.93. The zero-order valence-electron chi connectivity index (χ0n) is 10.5. The first kappa shape index (κ1) is 16.5. The molecule has 1 rings (SSSR count). The molecule has 0 aliphatic heterocycles. The van der Waals surface area contributed by atoms with Crippen LogP contribution in [-0.2, 0) is 9.53 Å². The molecule has 0 aliphatic rings. The zero-order valence-corrected chi connectivity index (χ0v) is 11.3. The highest BCUT2D eigenvalue weighted by Crippen LogP contribution is 2.35. The Kier molecular flexibility index (Phi) is 5.45. The van der Waals surface area contributed by atoms with Crippen LogP contribution in [-0.4, -0.2) is 23.3 Å². The Hall–Kier alpha value is -1.46. The summed E-state index contributed by atoms with van der Waals surface area (Å²) in [4.78, 5) is 11.6. The van der Waals surface area contributed by atoms with Gasteiger partial charge in [-0.2, -0.15) is 0 Å². The van der Waals surface area contributed by atoms with Crippen LogP contribution < -0.4 is 5.73 Å². The van der Waals surface area contributed by atoms with Gasteiger partial charge < -0.3 is 20.7 Å². The number of carbonyl (C=O) groups is 1. The minimum atomic E-state index is -0.918. The monoisotopic (exact) mass is 275 g/mol. The van der Waals surface area contributed by atoms with E-state index in [1.54, 1.807) is 19.9 Å². The summed E-state index contributed by atoms with van der Waals surface area (Å²) >= 11 is 0. The molecule has 0 saturated heterocycles. The van der Waals surface area contributed by atoms with E-state index in [2.05, 4.69) is 4.74 Å². The first-order chi connectivity index (χ1) is 7.80. The number of ether oxygens (including phenoxy) is 1. The fourth-order valence-corrected chi connectivity index (χ4v) is 1.54. The third kappa shape index (κ3) is 3.05. The summed E-state index contributed by atoms with van der Waals surface area (Å²) < 4.78 is 4.68. The van der Waals surface area contributed by atoms with Crippen LogP contribution in [0.25, 0.3) is 0 Å². The largest absolute Gasteiger partial charge is 0.504 e. The Labute approximate surface area is 112 Å². The van der Waals surface area contributed by atoms with Crippen molar-refractivity contribution in [2.45, 2.75) is 19.9 Å². The standard InChI is InChI=1S/C12H17NO4.ClH/c1-12(2,11(16)17-3)10(13)7-4-5-8(14)9(15)6-7;/h4-6,10,14-15H,13H2,1-3H3;1H/t10-;/m0./s1. The van der Waals surface area contributed by atoms with Crippen LogP contribution in [0.4, 0.5) is 0 Å². The summed E-state index contributed by atoms with van der Waals surface area (Å²) in [6, 6.07) is 3.59. The quantitative estimate of drug-likeness (QED) is 0.577. The van der Waals surface area contributed by atoms with Crippen molar-refractivity contribution in [3.8, 4) is 11.5 Å². The number of esters is 1. The fraction of sp³-hybridized carbons (Fsp3) is 0.417. The van der Waals surface area contributed by atoms with E-state index in [0.29, 0.717) is 5.56 Å². The number of hydrogen-bond acceptors (Lipinski definition) is 5. The number of aromatic hydroxyl groups is 2. The van der Waals surface area contributed by atoms with Gasteiger partial charge in [0.05, 0.1) is 12.5 Å². The number of hydrogen-bond donors (Lipinski definition) is 3. The smallest absolute Gasteiger partial charge is 0.313 e. The van der Waals surface area contributed by atoms with Crippen LogP contribution in [0.1, 0.15) is 25.5 Å². The lowest BCUT2D eigenvalue weighted by Gasteiger charge is -2.29. The summed E-state index contributed by atoms with van der Waals surface area (Å²) in [5.41, 5.74) is 5.61. The molecule has 5 nitrogen and oxygen atoms in total. The molecule has 0 heterocycles. The Balaban J connectivity index is 0.00000289. The molecule has 0 unspecified atom stereocenters. The van der Waals surface area contributed by atoms with Gasteiger partial charge in [0.15, 0.2) is 11.5 Å². The van der Waals surface area contributed by atoms with Gasteiger partial charge in [-0.1, -0.05) is 6.07 Å². The van der Waals surface area contributed by atoms with Crippen LogP contribution >= 0.6 is 12.4 Å². The molecule has 1 aromatic rings. The van der Waals surface area contributed by atoms with Crippen LogP contribution in [0.15, 0.2) is 18.2 Å². The molecule has 1 atom stereocenters. The Morgan fingerprint density at radius 1 is 1.33 bits per heavy atom. The molecular weight excluding hydrogens is 258 g/mol. The Bertz CT molecular complexity index is 434. The Morgan fingerprint density at radius 2 is 1.89 bits per heavy atom. The predicted octanol–water partition coefficient (Wildman–Crippen LogP) is 1.72. The third-order valence-corrected chi connectivity index (χ3v) is 2.85. The summed E-state index contributed by atoms with van der Waals surface area (Å²) in [5, 5.41) is 18.6. The zero-order chi connectivity index (χ0) is 13.2. The highest BCUT2D eigenvalue weighted by Gasteiger charge is 2.36. The van der Waals surface area contributed by atoms with Gasteiger partial charge in [-0.3, -0.25) is 4.79 Å². The molecule has 4 N–H and O–H groups in total. The van der Waals surface area contributed by atoms with Crippen LogP contribution in [0.3, 0.4) is 0 Å². The van der Waals surface area contributed by atoms with Crippen molar-refractivity contribution < 1.29 is 19.7 Å². The molecule has 6 heteroatoms. The number of rotatable bonds is 3. The number of nitrogens with two attached hydrogens (primary N) is 1. The summed E-state index contributed by atoms with van der Waals surface area (Å²) in [6.07, 6.45) is 0. The van der Waals surface area contributed by atoms with Gasteiger partial charge in [0.2, 0.25) is 0 Å². The van der Waals surface area contributed by atoms with E-state index in [0.717, 1.165) is 0 Å². The lowest BCUT2D eigenvalue weighted by molar-refractivity contribution is -0.152. The number of phenolic OH excluding ortho intramolecular Hbond substituents is 2. The van der Waals surface area contributed by atoms with Crippen molar-refractivity contribution in [2.75, 3.05) is 7.11 Å². The topological polar surface area (TPSA) is 92.8 Å². The van der Waals surface area contributed by atoms with Gasteiger partial charge in [-0.25, -0.2) is 0 Å². The SMILES string of the molecule is COC(=O)C(C)(C)[C@@H](N)c1ccc(O)c(O)c1.Cl. The Morgan fingerprint density at radius 3 is 2.33 bits per heavy atom. The van der Waals surface area contributed by atoms with E-state index in [-0.39, 0.29) is 23.9 Å². The summed E-state index contributed by atoms with van der Waals surface area (Å²) in [5.74, 6) is -0.923. The lowest BCUT2D eigenvalue weighted by Crippen LogP contribution is -2.37. The molecule has 0 aliphatic carbocycles. The van der Waals surface area contributed by atoms with Gasteiger partial charge >= 0.3 is 5.97 Å². The highest BCUT2D eigenvalue weighted by atomic mass is 35.5. The van der Waals surface area contributed by atoms with Gasteiger partial charge in [0.25, 0.3) is 0 Å². The fourth-order valence-electron chi connectivity index (χ4n) is 1.54. The molecule has 0 saturated carbocycles. The van der Waals surface area contributed by atoms with E-state index >= 15 is 0 Å². The van der Waals surface area contributed by atoms with E-state index in [1.807, 2.05) is 0 Å². The van der Waals surface area contributed by atoms with Crippen molar-refractivity contribution in [3.63, 3.8) is 0 Å². The van der Waals surface area contributed by atoms with E-state index in [9.17, 15) is 15.0 Å². The molecule has 0 bridgehead atoms. The number of halogens is 1. The lowest BCUT2D eigenvalue weighted by atomic mass is 9.81. The number of benzene rings is 1. The number of methoxy groups -OCH3 is 1. The average Bonchev–Trinajstić information content (AvgIpc) is 2.30. The average molecular weight is 276 g/mol. The second-order valence-corrected chi connectivity index (χ2v) is 4.44. The normalized spacial score (nSPS) is 12.4. The predicted molar refractivity (Wildman–Crippen MR) is 69.7 cm³/mol. The molecule has 0 amide bonds. The van der Waals surface area contributed by atoms with Gasteiger partial charge in [-0.15, -0.1) is 12.4 Å². The molecule has 0 radical (unpaired) electrons. The van der Waals surface area contributed by atoms with Crippen molar-refractivity contribution in [1.29, 1.82) is 0 Å². The maximum Gasteiger partial charge on any atom is 0.313 e. The molecule has 0 aromatic heterocycles. The third-order valence-electron chi connectivity index (χ3n) is 2.85. The van der Waals surface area contributed by atoms with Crippen LogP contribution in [0, 0.1) is 5.41 Å². The second-order valence-electron chi connectivity index (χ2n) is 4.44. The van der Waals surface area contributed by atoms with Crippen molar-refractivity contribution in [2.24, 2.45) is 11.1 Å². The number of phenols is 2. The molecule has 102 valence electrons. The maximum atomic E-state index is 11.6. The molecule has 1 aromatic carbocycles. The van der Waals surface area contributed by atoms with Gasteiger partial charge in [-0.05, 0) is 31.5 Å². The number of carbonyl (C=O) groups excluding carboxylic acids is 1. The molecule has 0 spiro atoms. The summed E-state index contributed by atoms with van der Waals surface area (Å²) in [7, 11) is 1.30.